The molecule has 0 aliphatic heterocycles. The number of halogens is 1. The van der Waals surface area contributed by atoms with Crippen LogP contribution in [0.2, 0.25) is 0 Å². The van der Waals surface area contributed by atoms with Crippen LogP contribution in [-0.2, 0) is 4.79 Å². The van der Waals surface area contributed by atoms with Gasteiger partial charge in [-0.2, -0.15) is 5.10 Å². The number of amides is 1. The lowest BCUT2D eigenvalue weighted by molar-refractivity contribution is -0.119. The van der Waals surface area contributed by atoms with E-state index in [0.29, 0.717) is 11.6 Å². The van der Waals surface area contributed by atoms with Crippen molar-refractivity contribution in [1.82, 2.24) is 14.9 Å². The average Bonchev–Trinajstić information content (AvgIpc) is 2.87. The molecule has 0 saturated heterocycles. The molecule has 1 amide bonds. The van der Waals surface area contributed by atoms with Crippen molar-refractivity contribution in [3.63, 3.8) is 0 Å². The zero-order valence-electron chi connectivity index (χ0n) is 10.3. The molecular formula is C11H13BrN4O2. The van der Waals surface area contributed by atoms with Gasteiger partial charge in [0.2, 0.25) is 5.91 Å². The fourth-order valence-electron chi connectivity index (χ4n) is 1.56. The van der Waals surface area contributed by atoms with E-state index in [2.05, 4.69) is 31.5 Å². The standard InChI is InChI=1S/C11H13BrN4O2/c1-6-4-10(15-18-6)14-11(17)8(3)16-7(2)9(12)5-13-16/h4-5,8H,1-3H3,(H,14,15,17). The minimum atomic E-state index is -0.423. The number of nitrogens with one attached hydrogen (secondary N) is 1. The van der Waals surface area contributed by atoms with Crippen LogP contribution < -0.4 is 5.32 Å². The van der Waals surface area contributed by atoms with E-state index in [1.807, 2.05) is 6.92 Å². The Kier molecular flexibility index (Phi) is 3.51. The van der Waals surface area contributed by atoms with E-state index in [-0.39, 0.29) is 5.91 Å². The highest BCUT2D eigenvalue weighted by atomic mass is 79.9. The number of hydrogen-bond donors (Lipinski definition) is 1. The SMILES string of the molecule is Cc1cc(NC(=O)C(C)n2ncc(Br)c2C)no1. The summed E-state index contributed by atoms with van der Waals surface area (Å²) >= 11 is 3.36. The third kappa shape index (κ3) is 2.45. The monoisotopic (exact) mass is 312 g/mol. The highest BCUT2D eigenvalue weighted by Crippen LogP contribution is 2.19. The second-order valence-corrected chi connectivity index (χ2v) is 4.86. The van der Waals surface area contributed by atoms with Crippen LogP contribution in [0.5, 0.6) is 0 Å². The van der Waals surface area contributed by atoms with Crippen molar-refractivity contribution in [3.05, 3.63) is 28.2 Å². The topological polar surface area (TPSA) is 73.0 Å². The van der Waals surface area contributed by atoms with Gasteiger partial charge in [-0.1, -0.05) is 5.16 Å². The number of hydrogen-bond acceptors (Lipinski definition) is 4. The van der Waals surface area contributed by atoms with E-state index < -0.39 is 6.04 Å². The van der Waals surface area contributed by atoms with Crippen molar-refractivity contribution in [2.45, 2.75) is 26.8 Å². The zero-order chi connectivity index (χ0) is 13.3. The molecule has 6 nitrogen and oxygen atoms in total. The minimum absolute atomic E-state index is 0.193. The molecule has 0 saturated carbocycles. The molecule has 0 aliphatic carbocycles. The van der Waals surface area contributed by atoms with Gasteiger partial charge in [0.05, 0.1) is 16.4 Å². The number of rotatable bonds is 3. The fourth-order valence-corrected chi connectivity index (χ4v) is 1.83. The van der Waals surface area contributed by atoms with Crippen LogP contribution in [0.15, 0.2) is 21.3 Å². The van der Waals surface area contributed by atoms with Crippen molar-refractivity contribution in [2.24, 2.45) is 0 Å². The Bertz CT molecular complexity index is 575. The summed E-state index contributed by atoms with van der Waals surface area (Å²) in [6, 6.07) is 1.24. The van der Waals surface area contributed by atoms with Gasteiger partial charge in [-0.15, -0.1) is 0 Å². The Labute approximate surface area is 112 Å². The van der Waals surface area contributed by atoms with Gasteiger partial charge in [0.15, 0.2) is 5.82 Å². The molecule has 18 heavy (non-hydrogen) atoms. The lowest BCUT2D eigenvalue weighted by Crippen LogP contribution is -2.25. The summed E-state index contributed by atoms with van der Waals surface area (Å²) in [6.07, 6.45) is 1.67. The molecule has 96 valence electrons. The maximum Gasteiger partial charge on any atom is 0.250 e. The number of carbonyl (C=O) groups is 1. The maximum atomic E-state index is 12.0. The Morgan fingerprint density at radius 3 is 2.78 bits per heavy atom. The highest BCUT2D eigenvalue weighted by molar-refractivity contribution is 9.10. The molecule has 0 radical (unpaired) electrons. The maximum absolute atomic E-state index is 12.0. The first-order valence-electron chi connectivity index (χ1n) is 5.43. The first kappa shape index (κ1) is 12.8. The Morgan fingerprint density at radius 1 is 1.56 bits per heavy atom. The molecule has 0 aliphatic rings. The van der Waals surface area contributed by atoms with E-state index in [1.54, 1.807) is 30.8 Å². The van der Waals surface area contributed by atoms with Crippen LogP contribution in [0, 0.1) is 13.8 Å². The van der Waals surface area contributed by atoms with Crippen LogP contribution in [-0.4, -0.2) is 20.8 Å². The molecule has 7 heteroatoms. The summed E-state index contributed by atoms with van der Waals surface area (Å²) in [5.74, 6) is 0.867. The quantitative estimate of drug-likeness (QED) is 0.944. The van der Waals surface area contributed by atoms with E-state index in [4.69, 9.17) is 4.52 Å². The molecule has 1 N–H and O–H groups in total. The molecule has 2 aromatic rings. The molecule has 1 unspecified atom stereocenters. The highest BCUT2D eigenvalue weighted by Gasteiger charge is 2.19. The Balaban J connectivity index is 2.12. The number of carbonyl (C=O) groups excluding carboxylic acids is 1. The molecule has 1 atom stereocenters. The number of anilines is 1. The minimum Gasteiger partial charge on any atom is -0.360 e. The molecular weight excluding hydrogens is 300 g/mol. The summed E-state index contributed by atoms with van der Waals surface area (Å²) in [7, 11) is 0. The van der Waals surface area contributed by atoms with Crippen LogP contribution in [0.25, 0.3) is 0 Å². The zero-order valence-corrected chi connectivity index (χ0v) is 11.9. The fraction of sp³-hybridized carbons (Fsp3) is 0.364. The van der Waals surface area contributed by atoms with Crippen molar-refractivity contribution in [1.29, 1.82) is 0 Å². The predicted molar refractivity (Wildman–Crippen MR) is 69.2 cm³/mol. The third-order valence-electron chi connectivity index (χ3n) is 2.61. The second-order valence-electron chi connectivity index (χ2n) is 4.01. The summed E-state index contributed by atoms with van der Waals surface area (Å²) in [6.45, 7) is 5.43. The normalized spacial score (nSPS) is 12.4. The molecule has 0 aromatic carbocycles. The van der Waals surface area contributed by atoms with Crippen LogP contribution in [0.3, 0.4) is 0 Å². The van der Waals surface area contributed by atoms with Crippen molar-refractivity contribution < 1.29 is 9.32 Å². The third-order valence-corrected chi connectivity index (χ3v) is 3.39. The number of nitrogens with zero attached hydrogens (tertiary/aromatic N) is 3. The molecule has 0 bridgehead atoms. The average molecular weight is 313 g/mol. The molecule has 0 fully saturated rings. The lowest BCUT2D eigenvalue weighted by atomic mass is 10.3. The van der Waals surface area contributed by atoms with Gasteiger partial charge in [0.25, 0.3) is 0 Å². The Hall–Kier alpha value is -1.63. The van der Waals surface area contributed by atoms with Crippen molar-refractivity contribution in [3.8, 4) is 0 Å². The molecule has 0 spiro atoms. The van der Waals surface area contributed by atoms with Crippen LogP contribution in [0.4, 0.5) is 5.82 Å². The smallest absolute Gasteiger partial charge is 0.250 e. The number of aryl methyl sites for hydroxylation is 1. The van der Waals surface area contributed by atoms with Crippen molar-refractivity contribution >= 4 is 27.7 Å². The summed E-state index contributed by atoms with van der Waals surface area (Å²) in [5, 5.41) is 10.5. The van der Waals surface area contributed by atoms with Crippen molar-refractivity contribution in [2.75, 3.05) is 5.32 Å². The molecule has 2 aromatic heterocycles. The lowest BCUT2D eigenvalue weighted by Gasteiger charge is -2.13. The molecule has 2 rings (SSSR count). The van der Waals surface area contributed by atoms with E-state index in [0.717, 1.165) is 10.2 Å². The van der Waals surface area contributed by atoms with Crippen LogP contribution in [0.1, 0.15) is 24.4 Å². The number of aromatic nitrogens is 3. The first-order chi connectivity index (χ1) is 8.49. The van der Waals surface area contributed by atoms with E-state index in [9.17, 15) is 4.79 Å². The van der Waals surface area contributed by atoms with Gasteiger partial charge in [-0.25, -0.2) is 0 Å². The summed E-state index contributed by atoms with van der Waals surface area (Å²) in [4.78, 5) is 12.0. The predicted octanol–water partition coefficient (Wildman–Crippen LogP) is 2.45. The molecule has 2 heterocycles. The second kappa shape index (κ2) is 4.93. The van der Waals surface area contributed by atoms with Gasteiger partial charge in [-0.05, 0) is 36.7 Å². The van der Waals surface area contributed by atoms with Gasteiger partial charge >= 0.3 is 0 Å². The van der Waals surface area contributed by atoms with E-state index in [1.165, 1.54) is 0 Å². The van der Waals surface area contributed by atoms with Crippen LogP contribution >= 0.6 is 15.9 Å². The van der Waals surface area contributed by atoms with Gasteiger partial charge in [-0.3, -0.25) is 9.48 Å². The Morgan fingerprint density at radius 2 is 2.28 bits per heavy atom. The summed E-state index contributed by atoms with van der Waals surface area (Å²) < 4.78 is 7.40. The van der Waals surface area contributed by atoms with Gasteiger partial charge in [0.1, 0.15) is 11.8 Å². The van der Waals surface area contributed by atoms with Gasteiger partial charge < -0.3 is 9.84 Å². The summed E-state index contributed by atoms with van der Waals surface area (Å²) in [5.41, 5.74) is 0.897. The van der Waals surface area contributed by atoms with E-state index >= 15 is 0 Å². The first-order valence-corrected chi connectivity index (χ1v) is 6.22. The van der Waals surface area contributed by atoms with Gasteiger partial charge in [0, 0.05) is 6.07 Å². The largest absolute Gasteiger partial charge is 0.360 e.